The van der Waals surface area contributed by atoms with Crippen LogP contribution in [0.1, 0.15) is 29.0 Å². The van der Waals surface area contributed by atoms with Gasteiger partial charge in [-0.05, 0) is 30.5 Å². The van der Waals surface area contributed by atoms with Crippen molar-refractivity contribution in [1.29, 1.82) is 0 Å². The molecule has 0 saturated carbocycles. The fraction of sp³-hybridized carbons (Fsp3) is 0.107. The molecule has 1 aliphatic heterocycles. The molecule has 1 aliphatic rings. The predicted molar refractivity (Wildman–Crippen MR) is 144 cm³/mol. The van der Waals surface area contributed by atoms with E-state index in [4.69, 9.17) is 9.73 Å². The number of fused-ring (bicyclic) bond motifs is 2. The second-order valence-electron chi connectivity index (χ2n) is 8.24. The molecule has 1 atom stereocenters. The van der Waals surface area contributed by atoms with Crippen molar-refractivity contribution in [3.05, 3.63) is 120 Å². The third-order valence-electron chi connectivity index (χ3n) is 6.09. The predicted octanol–water partition coefficient (Wildman–Crippen LogP) is 4.48. The molecule has 6 nitrogen and oxygen atoms in total. The number of hydrogen-bond acceptors (Lipinski definition) is 6. The van der Waals surface area contributed by atoms with Crippen molar-refractivity contribution in [2.45, 2.75) is 13.0 Å². The maximum atomic E-state index is 13.9. The molecular formula is C28H21N3O3S2. The van der Waals surface area contributed by atoms with Crippen LogP contribution >= 0.6 is 22.7 Å². The highest BCUT2D eigenvalue weighted by Gasteiger charge is 2.35. The third kappa shape index (κ3) is 3.75. The lowest BCUT2D eigenvalue weighted by Gasteiger charge is -2.24. The number of thiophene rings is 1. The van der Waals surface area contributed by atoms with Gasteiger partial charge in [-0.15, -0.1) is 11.3 Å². The van der Waals surface area contributed by atoms with Gasteiger partial charge in [0.05, 0.1) is 22.4 Å². The van der Waals surface area contributed by atoms with Gasteiger partial charge in [-0.1, -0.05) is 65.9 Å². The first kappa shape index (κ1) is 22.5. The number of rotatable bonds is 5. The van der Waals surface area contributed by atoms with E-state index < -0.39 is 12.0 Å². The summed E-state index contributed by atoms with van der Waals surface area (Å²) in [6, 6.07) is 20.8. The summed E-state index contributed by atoms with van der Waals surface area (Å²) in [5, 5.41) is 2.98. The zero-order valence-corrected chi connectivity index (χ0v) is 20.9. The molecule has 1 unspecified atom stereocenters. The number of hydrogen-bond donors (Lipinski definition) is 1. The molecule has 36 heavy (non-hydrogen) atoms. The maximum absolute atomic E-state index is 13.9. The fourth-order valence-corrected chi connectivity index (χ4v) is 6.33. The smallest absolute Gasteiger partial charge is 0.338 e. The quantitative estimate of drug-likeness (QED) is 0.354. The molecule has 0 saturated heterocycles. The molecule has 6 rings (SSSR count). The van der Waals surface area contributed by atoms with E-state index in [1.54, 1.807) is 11.5 Å². The summed E-state index contributed by atoms with van der Waals surface area (Å²) in [6.45, 7) is 2.00. The molecule has 0 aliphatic carbocycles. The Labute approximate surface area is 214 Å². The Morgan fingerprint density at radius 3 is 2.69 bits per heavy atom. The first-order chi connectivity index (χ1) is 17.7. The second kappa shape index (κ2) is 9.22. The number of aromatic nitrogens is 2. The van der Waals surface area contributed by atoms with Gasteiger partial charge < -0.3 is 9.72 Å². The van der Waals surface area contributed by atoms with Crippen molar-refractivity contribution in [2.24, 2.45) is 4.99 Å². The van der Waals surface area contributed by atoms with Gasteiger partial charge in [0.2, 0.25) is 0 Å². The number of nitrogens with zero attached hydrogens (tertiary/aromatic N) is 2. The molecule has 3 aromatic heterocycles. The molecule has 0 amide bonds. The Balaban J connectivity index is 1.64. The number of H-pyrrole nitrogens is 1. The Hall–Kier alpha value is -4.01. The number of nitrogens with one attached hydrogen (secondary N) is 1. The standard InChI is InChI=1S/C28H21N3O3S2/c1-2-34-27(33)23-24(17-9-4-3-5-10-17)30-28-31(25(23)21-13-8-14-35-21)26(32)22(36-28)15-18-16-29-20-12-7-6-11-19(18)20/h3-16,25,29H,2H2,1H3. The maximum Gasteiger partial charge on any atom is 0.338 e. The summed E-state index contributed by atoms with van der Waals surface area (Å²) in [6.07, 6.45) is 3.80. The first-order valence-electron chi connectivity index (χ1n) is 11.5. The summed E-state index contributed by atoms with van der Waals surface area (Å²) in [4.78, 5) is 36.8. The van der Waals surface area contributed by atoms with E-state index in [1.807, 2.05) is 84.4 Å². The molecular weight excluding hydrogens is 490 g/mol. The summed E-state index contributed by atoms with van der Waals surface area (Å²) >= 11 is 2.83. The van der Waals surface area contributed by atoms with Crippen LogP contribution in [-0.2, 0) is 9.53 Å². The van der Waals surface area contributed by atoms with Gasteiger partial charge in [-0.2, -0.15) is 0 Å². The van der Waals surface area contributed by atoms with Gasteiger partial charge in [-0.3, -0.25) is 9.36 Å². The molecule has 8 heteroatoms. The average molecular weight is 512 g/mol. The minimum absolute atomic E-state index is 0.184. The molecule has 5 aromatic rings. The Bertz CT molecular complexity index is 1790. The number of esters is 1. The topological polar surface area (TPSA) is 76.4 Å². The summed E-state index contributed by atoms with van der Waals surface area (Å²) in [5.74, 6) is -0.468. The van der Waals surface area contributed by atoms with E-state index in [0.717, 1.165) is 26.9 Å². The fourth-order valence-electron chi connectivity index (χ4n) is 4.51. The van der Waals surface area contributed by atoms with Gasteiger partial charge in [-0.25, -0.2) is 9.79 Å². The van der Waals surface area contributed by atoms with Gasteiger partial charge in [0, 0.05) is 33.1 Å². The SMILES string of the molecule is CCOC(=O)C1=C(c2ccccc2)N=c2sc(=Cc3c[nH]c4ccccc34)c(=O)n2C1c1cccs1. The normalized spacial score (nSPS) is 15.7. The number of aromatic amines is 1. The van der Waals surface area contributed by atoms with E-state index in [0.29, 0.717) is 20.6 Å². The molecule has 0 bridgehead atoms. The van der Waals surface area contributed by atoms with Crippen LogP contribution in [0.25, 0.3) is 22.7 Å². The van der Waals surface area contributed by atoms with Crippen LogP contribution in [0.15, 0.2) is 93.7 Å². The van der Waals surface area contributed by atoms with Crippen LogP contribution in [0.3, 0.4) is 0 Å². The highest BCUT2D eigenvalue weighted by molar-refractivity contribution is 7.10. The third-order valence-corrected chi connectivity index (χ3v) is 8.00. The average Bonchev–Trinajstić information content (AvgIpc) is 3.64. The second-order valence-corrected chi connectivity index (χ2v) is 10.2. The number of para-hydroxylation sites is 1. The lowest BCUT2D eigenvalue weighted by Crippen LogP contribution is -2.39. The van der Waals surface area contributed by atoms with E-state index in [1.165, 1.54) is 22.7 Å². The highest BCUT2D eigenvalue weighted by Crippen LogP contribution is 2.36. The van der Waals surface area contributed by atoms with Gasteiger partial charge in [0.1, 0.15) is 6.04 Å². The zero-order valence-electron chi connectivity index (χ0n) is 19.3. The molecule has 0 spiro atoms. The molecule has 178 valence electrons. The highest BCUT2D eigenvalue weighted by atomic mass is 32.1. The van der Waals surface area contributed by atoms with E-state index in [-0.39, 0.29) is 12.2 Å². The molecule has 0 fully saturated rings. The van der Waals surface area contributed by atoms with Crippen LogP contribution < -0.4 is 14.9 Å². The van der Waals surface area contributed by atoms with Crippen molar-refractivity contribution in [1.82, 2.24) is 9.55 Å². The van der Waals surface area contributed by atoms with Crippen LogP contribution in [0.4, 0.5) is 0 Å². The number of thiazole rings is 1. The number of carbonyl (C=O) groups excluding carboxylic acids is 1. The molecule has 0 radical (unpaired) electrons. The van der Waals surface area contributed by atoms with Gasteiger partial charge in [0.15, 0.2) is 4.80 Å². The summed E-state index contributed by atoms with van der Waals surface area (Å²) in [5.41, 5.74) is 3.46. The van der Waals surface area contributed by atoms with Crippen molar-refractivity contribution in [3.63, 3.8) is 0 Å². The number of carbonyl (C=O) groups is 1. The number of benzene rings is 2. The van der Waals surface area contributed by atoms with Crippen LogP contribution in [-0.4, -0.2) is 22.1 Å². The lowest BCUT2D eigenvalue weighted by atomic mass is 9.97. The molecule has 1 N–H and O–H groups in total. The van der Waals surface area contributed by atoms with Crippen molar-refractivity contribution >= 4 is 51.3 Å². The van der Waals surface area contributed by atoms with Crippen LogP contribution in [0.5, 0.6) is 0 Å². The first-order valence-corrected chi connectivity index (χ1v) is 13.2. The Morgan fingerprint density at radius 2 is 1.92 bits per heavy atom. The van der Waals surface area contributed by atoms with Crippen LogP contribution in [0.2, 0.25) is 0 Å². The van der Waals surface area contributed by atoms with Gasteiger partial charge >= 0.3 is 5.97 Å². The number of ether oxygens (including phenoxy) is 1. The lowest BCUT2D eigenvalue weighted by molar-refractivity contribution is -0.138. The monoisotopic (exact) mass is 511 g/mol. The Morgan fingerprint density at radius 1 is 1.11 bits per heavy atom. The summed E-state index contributed by atoms with van der Waals surface area (Å²) in [7, 11) is 0. The van der Waals surface area contributed by atoms with E-state index in [9.17, 15) is 9.59 Å². The van der Waals surface area contributed by atoms with E-state index >= 15 is 0 Å². The molecule has 4 heterocycles. The minimum atomic E-state index is -0.624. The largest absolute Gasteiger partial charge is 0.463 e. The summed E-state index contributed by atoms with van der Waals surface area (Å²) < 4.78 is 7.67. The van der Waals surface area contributed by atoms with Gasteiger partial charge in [0.25, 0.3) is 5.56 Å². The zero-order chi connectivity index (χ0) is 24.6. The van der Waals surface area contributed by atoms with Crippen LogP contribution in [0, 0.1) is 0 Å². The van der Waals surface area contributed by atoms with Crippen molar-refractivity contribution in [2.75, 3.05) is 6.61 Å². The van der Waals surface area contributed by atoms with E-state index in [2.05, 4.69) is 4.98 Å². The molecule has 2 aromatic carbocycles. The van der Waals surface area contributed by atoms with Crippen molar-refractivity contribution < 1.29 is 9.53 Å². The Kier molecular flexibility index (Phi) is 5.75. The van der Waals surface area contributed by atoms with Crippen molar-refractivity contribution in [3.8, 4) is 0 Å². The minimum Gasteiger partial charge on any atom is -0.463 e.